The summed E-state index contributed by atoms with van der Waals surface area (Å²) in [5, 5.41) is 5.87. The number of piperidine rings is 1. The second-order valence-corrected chi connectivity index (χ2v) is 8.36. The minimum atomic E-state index is -0.337. The molecule has 1 amide bonds. The molecular weight excluding hydrogens is 330 g/mol. The maximum Gasteiger partial charge on any atom is 0.236 e. The van der Waals surface area contributed by atoms with Gasteiger partial charge in [0.05, 0.1) is 11.1 Å². The van der Waals surface area contributed by atoms with Crippen LogP contribution >= 0.6 is 11.3 Å². The average Bonchev–Trinajstić information content (AvgIpc) is 3.34. The van der Waals surface area contributed by atoms with E-state index in [1.807, 2.05) is 18.2 Å². The molecule has 1 N–H and O–H groups in total. The van der Waals surface area contributed by atoms with Gasteiger partial charge < -0.3 is 5.32 Å². The van der Waals surface area contributed by atoms with Gasteiger partial charge in [-0.1, -0.05) is 37.3 Å². The van der Waals surface area contributed by atoms with E-state index < -0.39 is 0 Å². The van der Waals surface area contributed by atoms with Crippen LogP contribution in [0.25, 0.3) is 0 Å². The number of nitrogens with one attached hydrogen (secondary N) is 1. The topological polar surface area (TPSA) is 45.2 Å². The molecular formula is C20H25N3OS. The van der Waals surface area contributed by atoms with Crippen LogP contribution in [0.2, 0.25) is 0 Å². The predicted octanol–water partition coefficient (Wildman–Crippen LogP) is 4.05. The minimum absolute atomic E-state index is 0.0893. The molecule has 0 unspecified atom stereocenters. The van der Waals surface area contributed by atoms with Crippen LogP contribution in [0.4, 0.5) is 5.13 Å². The number of carbonyl (C=O) groups is 1. The van der Waals surface area contributed by atoms with Crippen molar-refractivity contribution in [1.29, 1.82) is 0 Å². The summed E-state index contributed by atoms with van der Waals surface area (Å²) in [4.78, 5) is 19.9. The maximum atomic E-state index is 12.8. The number of aromatic nitrogens is 1. The monoisotopic (exact) mass is 355 g/mol. The van der Waals surface area contributed by atoms with Crippen molar-refractivity contribution in [3.8, 4) is 0 Å². The van der Waals surface area contributed by atoms with Gasteiger partial charge in [-0.2, -0.15) is 0 Å². The Morgan fingerprint density at radius 3 is 2.68 bits per heavy atom. The number of likely N-dealkylation sites (tertiary alicyclic amines) is 1. The van der Waals surface area contributed by atoms with Gasteiger partial charge in [0.25, 0.3) is 0 Å². The molecule has 1 aromatic heterocycles. The van der Waals surface area contributed by atoms with E-state index in [1.165, 1.54) is 24.2 Å². The van der Waals surface area contributed by atoms with Crippen molar-refractivity contribution >= 4 is 22.4 Å². The normalized spacial score (nSPS) is 20.4. The van der Waals surface area contributed by atoms with E-state index in [0.29, 0.717) is 0 Å². The minimum Gasteiger partial charge on any atom is -0.301 e. The summed E-state index contributed by atoms with van der Waals surface area (Å²) in [7, 11) is 0. The Labute approximate surface area is 153 Å². The van der Waals surface area contributed by atoms with Crippen molar-refractivity contribution < 1.29 is 4.79 Å². The number of anilines is 1. The largest absolute Gasteiger partial charge is 0.301 e. The average molecular weight is 356 g/mol. The van der Waals surface area contributed by atoms with Gasteiger partial charge in [0.15, 0.2) is 5.13 Å². The van der Waals surface area contributed by atoms with Crippen LogP contribution in [-0.2, 0) is 16.8 Å². The SMILES string of the molecule is CC1CCN(Cc2csc(NC(=O)C3(c4ccccc4)CC3)n2)CC1. The molecule has 1 aliphatic heterocycles. The van der Waals surface area contributed by atoms with Crippen LogP contribution in [0.3, 0.4) is 0 Å². The van der Waals surface area contributed by atoms with Crippen LogP contribution in [0.5, 0.6) is 0 Å². The zero-order chi connectivity index (χ0) is 17.3. The van der Waals surface area contributed by atoms with Gasteiger partial charge in [0, 0.05) is 11.9 Å². The number of hydrogen-bond donors (Lipinski definition) is 1. The zero-order valence-electron chi connectivity index (χ0n) is 14.7. The van der Waals surface area contributed by atoms with Crippen molar-refractivity contribution in [2.75, 3.05) is 18.4 Å². The van der Waals surface area contributed by atoms with E-state index in [4.69, 9.17) is 0 Å². The molecule has 25 heavy (non-hydrogen) atoms. The van der Waals surface area contributed by atoms with Gasteiger partial charge in [-0.25, -0.2) is 4.98 Å². The second kappa shape index (κ2) is 6.89. The Hall–Kier alpha value is -1.72. The van der Waals surface area contributed by atoms with Gasteiger partial charge >= 0.3 is 0 Å². The zero-order valence-corrected chi connectivity index (χ0v) is 15.5. The van der Waals surface area contributed by atoms with Crippen molar-refractivity contribution in [1.82, 2.24) is 9.88 Å². The first-order chi connectivity index (χ1) is 12.2. The van der Waals surface area contributed by atoms with E-state index in [9.17, 15) is 4.79 Å². The van der Waals surface area contributed by atoms with Gasteiger partial charge in [-0.05, 0) is 50.3 Å². The highest BCUT2D eigenvalue weighted by Crippen LogP contribution is 2.49. The summed E-state index contributed by atoms with van der Waals surface area (Å²) in [6.45, 7) is 5.52. The number of rotatable bonds is 5. The lowest BCUT2D eigenvalue weighted by atomic mass is 9.95. The Balaban J connectivity index is 1.37. The quantitative estimate of drug-likeness (QED) is 0.880. The molecule has 1 saturated carbocycles. The van der Waals surface area contributed by atoms with E-state index in [0.717, 1.165) is 54.8 Å². The number of hydrogen-bond acceptors (Lipinski definition) is 4. The summed E-state index contributed by atoms with van der Waals surface area (Å²) in [5.74, 6) is 0.931. The Morgan fingerprint density at radius 1 is 1.28 bits per heavy atom. The number of thiazole rings is 1. The van der Waals surface area contributed by atoms with Crippen molar-refractivity contribution in [2.45, 2.75) is 44.6 Å². The highest BCUT2D eigenvalue weighted by atomic mass is 32.1. The molecule has 1 saturated heterocycles. The lowest BCUT2D eigenvalue weighted by Crippen LogP contribution is -2.32. The molecule has 2 aromatic rings. The van der Waals surface area contributed by atoms with Gasteiger partial charge in [-0.15, -0.1) is 11.3 Å². The highest BCUT2D eigenvalue weighted by Gasteiger charge is 2.51. The fourth-order valence-corrected chi connectivity index (χ4v) is 4.33. The van der Waals surface area contributed by atoms with E-state index in [-0.39, 0.29) is 11.3 Å². The molecule has 0 atom stereocenters. The molecule has 0 radical (unpaired) electrons. The Bertz CT molecular complexity index is 730. The Morgan fingerprint density at radius 2 is 2.00 bits per heavy atom. The molecule has 0 bridgehead atoms. The van der Waals surface area contributed by atoms with Crippen molar-refractivity contribution in [2.24, 2.45) is 5.92 Å². The number of benzene rings is 1. The third kappa shape index (κ3) is 3.62. The van der Waals surface area contributed by atoms with Crippen LogP contribution < -0.4 is 5.32 Å². The number of carbonyl (C=O) groups excluding carboxylic acids is 1. The smallest absolute Gasteiger partial charge is 0.236 e. The number of amides is 1. The predicted molar refractivity (Wildman–Crippen MR) is 102 cm³/mol. The van der Waals surface area contributed by atoms with E-state index >= 15 is 0 Å². The number of nitrogens with zero attached hydrogens (tertiary/aromatic N) is 2. The maximum absolute atomic E-state index is 12.8. The third-order valence-corrected chi connectivity index (χ3v) is 6.35. The van der Waals surface area contributed by atoms with E-state index in [1.54, 1.807) is 0 Å². The summed E-state index contributed by atoms with van der Waals surface area (Å²) < 4.78 is 0. The summed E-state index contributed by atoms with van der Waals surface area (Å²) in [5.41, 5.74) is 1.85. The fourth-order valence-electron chi connectivity index (χ4n) is 3.63. The summed E-state index contributed by atoms with van der Waals surface area (Å²) in [6, 6.07) is 10.1. The first-order valence-corrected chi connectivity index (χ1v) is 10.1. The lowest BCUT2D eigenvalue weighted by molar-refractivity contribution is -0.118. The Kier molecular flexibility index (Phi) is 4.61. The lowest BCUT2D eigenvalue weighted by Gasteiger charge is -2.29. The molecule has 2 aliphatic rings. The molecule has 132 valence electrons. The van der Waals surface area contributed by atoms with Gasteiger partial charge in [-0.3, -0.25) is 9.69 Å². The molecule has 5 heteroatoms. The fraction of sp³-hybridized carbons (Fsp3) is 0.500. The molecule has 0 spiro atoms. The van der Waals surface area contributed by atoms with Gasteiger partial charge in [0.2, 0.25) is 5.91 Å². The second-order valence-electron chi connectivity index (χ2n) is 7.50. The van der Waals surface area contributed by atoms with Crippen LogP contribution in [0.1, 0.15) is 43.9 Å². The summed E-state index contributed by atoms with van der Waals surface area (Å²) in [6.07, 6.45) is 4.39. The first-order valence-electron chi connectivity index (χ1n) is 9.19. The van der Waals surface area contributed by atoms with Crippen molar-refractivity contribution in [3.63, 3.8) is 0 Å². The van der Waals surface area contributed by atoms with Gasteiger partial charge in [0.1, 0.15) is 0 Å². The van der Waals surface area contributed by atoms with Crippen LogP contribution in [0, 0.1) is 5.92 Å². The molecule has 4 nitrogen and oxygen atoms in total. The molecule has 2 fully saturated rings. The first kappa shape index (κ1) is 16.7. The standard InChI is InChI=1S/C20H25N3OS/c1-15-7-11-23(12-8-15)13-17-14-25-19(21-17)22-18(24)20(9-10-20)16-5-3-2-4-6-16/h2-6,14-15H,7-13H2,1H3,(H,21,22,24). The van der Waals surface area contributed by atoms with Crippen LogP contribution in [-0.4, -0.2) is 28.9 Å². The molecule has 2 heterocycles. The van der Waals surface area contributed by atoms with Crippen molar-refractivity contribution in [3.05, 3.63) is 47.0 Å². The molecule has 4 rings (SSSR count). The molecule has 1 aliphatic carbocycles. The van der Waals surface area contributed by atoms with Crippen LogP contribution in [0.15, 0.2) is 35.7 Å². The highest BCUT2D eigenvalue weighted by molar-refractivity contribution is 7.13. The summed E-state index contributed by atoms with van der Waals surface area (Å²) >= 11 is 1.54. The van der Waals surface area contributed by atoms with E-state index in [2.05, 4.69) is 39.6 Å². The molecule has 1 aromatic carbocycles. The third-order valence-electron chi connectivity index (χ3n) is 5.55.